The predicted molar refractivity (Wildman–Crippen MR) is 131 cm³/mol. The van der Waals surface area contributed by atoms with Crippen LogP contribution in [0.2, 0.25) is 0 Å². The van der Waals surface area contributed by atoms with E-state index >= 15 is 0 Å². The van der Waals surface area contributed by atoms with E-state index in [-0.39, 0.29) is 40.5 Å². The summed E-state index contributed by atoms with van der Waals surface area (Å²) in [6.07, 6.45) is 1.34. The van der Waals surface area contributed by atoms with Gasteiger partial charge in [0.1, 0.15) is 6.54 Å². The summed E-state index contributed by atoms with van der Waals surface area (Å²) in [5.41, 5.74) is -0.495. The molecule has 190 valence electrons. The highest BCUT2D eigenvalue weighted by molar-refractivity contribution is 7.14. The predicted octanol–water partition coefficient (Wildman–Crippen LogP) is 2.90. The van der Waals surface area contributed by atoms with Gasteiger partial charge in [-0.15, -0.1) is 11.3 Å². The number of fused-ring (bicyclic) bond motifs is 1. The molecular formula is C23H24F2N6O4S. The lowest BCUT2D eigenvalue weighted by molar-refractivity contribution is -0.116. The third-order valence-corrected chi connectivity index (χ3v) is 6.01. The molecule has 4 aromatic rings. The number of nitrogens with zero attached hydrogens (tertiary/aromatic N) is 5. The van der Waals surface area contributed by atoms with Crippen LogP contribution in [0.5, 0.6) is 5.75 Å². The molecule has 13 heteroatoms. The molecule has 0 spiro atoms. The number of aromatic nitrogens is 5. The Balaban J connectivity index is 1.51. The van der Waals surface area contributed by atoms with Gasteiger partial charge in [-0.05, 0) is 17.5 Å². The number of rotatable bonds is 6. The van der Waals surface area contributed by atoms with Gasteiger partial charge < -0.3 is 10.1 Å². The van der Waals surface area contributed by atoms with Crippen molar-refractivity contribution in [3.8, 4) is 17.0 Å². The van der Waals surface area contributed by atoms with Crippen LogP contribution in [0.15, 0.2) is 33.3 Å². The highest BCUT2D eigenvalue weighted by Gasteiger charge is 2.20. The molecule has 0 unspecified atom stereocenters. The second kappa shape index (κ2) is 9.30. The fourth-order valence-corrected chi connectivity index (χ4v) is 4.16. The third kappa shape index (κ3) is 4.91. The quantitative estimate of drug-likeness (QED) is 0.420. The zero-order chi connectivity index (χ0) is 26.4. The molecule has 0 saturated heterocycles. The van der Waals surface area contributed by atoms with E-state index in [0.29, 0.717) is 5.52 Å². The van der Waals surface area contributed by atoms with Crippen molar-refractivity contribution in [2.45, 2.75) is 27.3 Å². The van der Waals surface area contributed by atoms with Crippen LogP contribution in [0.25, 0.3) is 22.3 Å². The normalized spacial score (nSPS) is 11.8. The van der Waals surface area contributed by atoms with Gasteiger partial charge in [0.15, 0.2) is 28.0 Å². The van der Waals surface area contributed by atoms with Crippen LogP contribution >= 0.6 is 11.3 Å². The van der Waals surface area contributed by atoms with E-state index in [0.717, 1.165) is 28.0 Å². The molecule has 3 aromatic heterocycles. The fraction of sp³-hybridized carbons (Fsp3) is 0.348. The summed E-state index contributed by atoms with van der Waals surface area (Å²) in [4.78, 5) is 41.4. The Labute approximate surface area is 207 Å². The lowest BCUT2D eigenvalue weighted by atomic mass is 9.99. The molecule has 3 heterocycles. The molecular weight excluding hydrogens is 494 g/mol. The number of carbonyl (C=O) groups excluding carboxylic acids is 1. The molecule has 0 aliphatic heterocycles. The van der Waals surface area contributed by atoms with E-state index < -0.39 is 34.5 Å². The first-order chi connectivity index (χ1) is 16.9. The molecule has 1 aromatic carbocycles. The summed E-state index contributed by atoms with van der Waals surface area (Å²) in [5, 5.41) is 8.40. The first-order valence-corrected chi connectivity index (χ1v) is 11.7. The summed E-state index contributed by atoms with van der Waals surface area (Å²) in [6.45, 7) is 5.49. The minimum absolute atomic E-state index is 0.106. The Morgan fingerprint density at radius 2 is 1.81 bits per heavy atom. The molecule has 0 bridgehead atoms. The smallest absolute Gasteiger partial charge is 0.331 e. The summed E-state index contributed by atoms with van der Waals surface area (Å²) >= 11 is 1.07. The average molecular weight is 519 g/mol. The molecule has 0 aliphatic rings. The second-order valence-corrected chi connectivity index (χ2v) is 10.3. The minimum atomic E-state index is -0.852. The molecule has 0 fully saturated rings. The van der Waals surface area contributed by atoms with Crippen molar-refractivity contribution in [2.24, 2.45) is 19.5 Å². The van der Waals surface area contributed by atoms with Gasteiger partial charge in [-0.1, -0.05) is 20.8 Å². The van der Waals surface area contributed by atoms with E-state index in [1.807, 2.05) is 20.8 Å². The van der Waals surface area contributed by atoms with Gasteiger partial charge in [0.2, 0.25) is 5.91 Å². The van der Waals surface area contributed by atoms with Gasteiger partial charge in [0.25, 0.3) is 5.56 Å². The van der Waals surface area contributed by atoms with Crippen LogP contribution in [0.1, 0.15) is 20.8 Å². The molecule has 10 nitrogen and oxygen atoms in total. The van der Waals surface area contributed by atoms with Crippen LogP contribution in [0.3, 0.4) is 0 Å². The Morgan fingerprint density at radius 1 is 1.14 bits per heavy atom. The van der Waals surface area contributed by atoms with Crippen LogP contribution in [-0.4, -0.2) is 36.4 Å². The van der Waals surface area contributed by atoms with Gasteiger partial charge in [-0.2, -0.15) is 5.10 Å². The number of hydrogen-bond donors (Lipinski definition) is 1. The van der Waals surface area contributed by atoms with E-state index in [2.05, 4.69) is 15.4 Å². The minimum Gasteiger partial charge on any atom is -0.487 e. The highest BCUT2D eigenvalue weighted by atomic mass is 32.1. The summed E-state index contributed by atoms with van der Waals surface area (Å²) in [6, 6.07) is 2.25. The van der Waals surface area contributed by atoms with Gasteiger partial charge in [0, 0.05) is 25.0 Å². The van der Waals surface area contributed by atoms with E-state index in [4.69, 9.17) is 4.74 Å². The largest absolute Gasteiger partial charge is 0.487 e. The van der Waals surface area contributed by atoms with Crippen molar-refractivity contribution in [1.29, 1.82) is 0 Å². The number of amides is 1. The van der Waals surface area contributed by atoms with Crippen molar-refractivity contribution in [3.63, 3.8) is 0 Å². The van der Waals surface area contributed by atoms with Crippen LogP contribution in [-0.2, 0) is 25.4 Å². The first kappa shape index (κ1) is 25.2. The molecule has 4 rings (SSSR count). The number of aryl methyl sites for hydroxylation is 1. The molecule has 1 amide bonds. The number of anilines is 1. The van der Waals surface area contributed by atoms with Crippen molar-refractivity contribution in [2.75, 3.05) is 11.9 Å². The third-order valence-electron chi connectivity index (χ3n) is 5.25. The number of carbonyl (C=O) groups is 1. The van der Waals surface area contributed by atoms with E-state index in [1.165, 1.54) is 29.5 Å². The standard InChI is InChI=1S/C23H24F2N6O4S/c1-23(2,3)11-35-19-13(24)6-12(7-14(19)25)15-10-36-21(27-15)28-17(32)9-31-18-16(8-26-31)29(4)22(34)30(5)20(18)33/h6-8,10H,9,11H2,1-5H3,(H,27,28,32). The lowest BCUT2D eigenvalue weighted by Crippen LogP contribution is -2.37. The topological polar surface area (TPSA) is 113 Å². The van der Waals surface area contributed by atoms with Gasteiger partial charge in [0.05, 0.1) is 24.0 Å². The first-order valence-electron chi connectivity index (χ1n) is 10.8. The number of benzene rings is 1. The molecule has 0 saturated carbocycles. The van der Waals surface area contributed by atoms with Gasteiger partial charge >= 0.3 is 5.69 Å². The summed E-state index contributed by atoms with van der Waals surface area (Å²) < 4.78 is 37.8. The van der Waals surface area contributed by atoms with E-state index in [9.17, 15) is 23.2 Å². The summed E-state index contributed by atoms with van der Waals surface area (Å²) in [5.74, 6) is -2.68. The SMILES string of the molecule is Cn1c(=O)c2c(cnn2CC(=O)Nc2nc(-c3cc(F)c(OCC(C)(C)C)c(F)c3)cs2)n(C)c1=O. The number of nitrogens with one attached hydrogen (secondary N) is 1. The molecule has 0 radical (unpaired) electrons. The number of ether oxygens (including phenoxy) is 1. The van der Waals surface area contributed by atoms with Crippen LogP contribution < -0.4 is 21.3 Å². The Hall–Kier alpha value is -3.87. The van der Waals surface area contributed by atoms with Crippen LogP contribution in [0.4, 0.5) is 13.9 Å². The average Bonchev–Trinajstić information content (AvgIpc) is 3.42. The van der Waals surface area contributed by atoms with E-state index in [1.54, 1.807) is 5.38 Å². The summed E-state index contributed by atoms with van der Waals surface area (Å²) in [7, 11) is 2.84. The second-order valence-electron chi connectivity index (χ2n) is 9.45. The number of hydrogen-bond acceptors (Lipinski definition) is 7. The van der Waals surface area contributed by atoms with Gasteiger partial charge in [-0.25, -0.2) is 23.2 Å². The Bertz CT molecular complexity index is 1570. The Kier molecular flexibility index (Phi) is 6.52. The number of halogens is 2. The molecule has 0 atom stereocenters. The highest BCUT2D eigenvalue weighted by Crippen LogP contribution is 2.31. The van der Waals surface area contributed by atoms with Gasteiger partial charge in [-0.3, -0.25) is 18.7 Å². The maximum Gasteiger partial charge on any atom is 0.331 e. The fourth-order valence-electron chi connectivity index (χ4n) is 3.43. The zero-order valence-electron chi connectivity index (χ0n) is 20.3. The zero-order valence-corrected chi connectivity index (χ0v) is 21.1. The lowest BCUT2D eigenvalue weighted by Gasteiger charge is -2.19. The molecule has 0 aliphatic carbocycles. The molecule has 1 N–H and O–H groups in total. The van der Waals surface area contributed by atoms with Crippen LogP contribution in [0, 0.1) is 17.0 Å². The van der Waals surface area contributed by atoms with Crippen molar-refractivity contribution in [1.82, 2.24) is 23.9 Å². The monoisotopic (exact) mass is 518 g/mol. The molecule has 36 heavy (non-hydrogen) atoms. The maximum atomic E-state index is 14.5. The van der Waals surface area contributed by atoms with Crippen molar-refractivity contribution < 1.29 is 18.3 Å². The van der Waals surface area contributed by atoms with Crippen molar-refractivity contribution >= 4 is 33.4 Å². The Morgan fingerprint density at radius 3 is 2.44 bits per heavy atom. The van der Waals surface area contributed by atoms with Crippen molar-refractivity contribution in [3.05, 3.63) is 56.2 Å². The maximum absolute atomic E-state index is 14.5. The number of thiazole rings is 1.